The van der Waals surface area contributed by atoms with Crippen molar-refractivity contribution in [1.29, 1.82) is 0 Å². The molecule has 0 aliphatic carbocycles. The van der Waals surface area contributed by atoms with Crippen molar-refractivity contribution in [1.82, 2.24) is 0 Å². The first-order valence-electron chi connectivity index (χ1n) is 13.7. The maximum atomic E-state index is 12.7. The third-order valence-electron chi connectivity index (χ3n) is 6.69. The van der Waals surface area contributed by atoms with Crippen molar-refractivity contribution in [2.45, 2.75) is 76.8 Å². The van der Waals surface area contributed by atoms with Crippen LogP contribution in [0.4, 0.5) is 0 Å². The Morgan fingerprint density at radius 2 is 1.05 bits per heavy atom. The fraction of sp³-hybridized carbons (Fsp3) is 0.533. The molecule has 8 nitrogen and oxygen atoms in total. The SMILES string of the molecule is CCCCCOc1ccc(C(=O)O[C@H]2CO[C@H]3[C@@H]2OC[C@H]3OC(=O)c2ccc(OCCCCC)cc2)cc1. The minimum atomic E-state index is -0.578. The summed E-state index contributed by atoms with van der Waals surface area (Å²) in [5.74, 6) is 0.523. The molecule has 2 saturated heterocycles. The number of ether oxygens (including phenoxy) is 6. The van der Waals surface area contributed by atoms with Gasteiger partial charge in [-0.25, -0.2) is 9.59 Å². The van der Waals surface area contributed by atoms with E-state index in [0.29, 0.717) is 24.3 Å². The molecular formula is C30H38O8. The van der Waals surface area contributed by atoms with Crippen LogP contribution in [0.3, 0.4) is 0 Å². The molecular weight excluding hydrogens is 488 g/mol. The minimum absolute atomic E-state index is 0.178. The highest BCUT2D eigenvalue weighted by Crippen LogP contribution is 2.31. The molecule has 2 aromatic carbocycles. The van der Waals surface area contributed by atoms with Crippen LogP contribution in [-0.4, -0.2) is 62.8 Å². The number of benzene rings is 2. The van der Waals surface area contributed by atoms with Crippen LogP contribution in [0.15, 0.2) is 48.5 Å². The van der Waals surface area contributed by atoms with E-state index in [2.05, 4.69) is 13.8 Å². The monoisotopic (exact) mass is 526 g/mol. The predicted molar refractivity (Wildman–Crippen MR) is 141 cm³/mol. The van der Waals surface area contributed by atoms with Gasteiger partial charge in [0.2, 0.25) is 0 Å². The van der Waals surface area contributed by atoms with Crippen molar-refractivity contribution in [3.05, 3.63) is 59.7 Å². The van der Waals surface area contributed by atoms with E-state index in [1.807, 2.05) is 0 Å². The highest BCUT2D eigenvalue weighted by atomic mass is 16.7. The van der Waals surface area contributed by atoms with Crippen molar-refractivity contribution < 1.29 is 38.0 Å². The summed E-state index contributed by atoms with van der Waals surface area (Å²) in [6.07, 6.45) is 4.39. The third kappa shape index (κ3) is 7.48. The number of hydrogen-bond acceptors (Lipinski definition) is 8. The Hall–Kier alpha value is -3.10. The lowest BCUT2D eigenvalue weighted by molar-refractivity contribution is -0.0287. The van der Waals surface area contributed by atoms with Crippen LogP contribution in [0.25, 0.3) is 0 Å². The largest absolute Gasteiger partial charge is 0.494 e. The average Bonchev–Trinajstić information content (AvgIpc) is 3.53. The molecule has 0 radical (unpaired) electrons. The van der Waals surface area contributed by atoms with Crippen LogP contribution in [0.2, 0.25) is 0 Å². The molecule has 8 heteroatoms. The second kappa shape index (κ2) is 14.2. The van der Waals surface area contributed by atoms with E-state index in [1.165, 1.54) is 0 Å². The third-order valence-corrected chi connectivity index (χ3v) is 6.69. The van der Waals surface area contributed by atoms with E-state index in [9.17, 15) is 9.59 Å². The Kier molecular flexibility index (Phi) is 10.4. The molecule has 4 rings (SSSR count). The molecule has 0 spiro atoms. The molecule has 2 aliphatic heterocycles. The molecule has 0 bridgehead atoms. The van der Waals surface area contributed by atoms with E-state index >= 15 is 0 Å². The Morgan fingerprint density at radius 3 is 1.42 bits per heavy atom. The van der Waals surface area contributed by atoms with Crippen LogP contribution in [0.1, 0.15) is 73.1 Å². The zero-order valence-electron chi connectivity index (χ0n) is 22.3. The second-order valence-electron chi connectivity index (χ2n) is 9.64. The molecule has 2 fully saturated rings. The summed E-state index contributed by atoms with van der Waals surface area (Å²) in [4.78, 5) is 25.4. The van der Waals surface area contributed by atoms with Crippen LogP contribution < -0.4 is 9.47 Å². The molecule has 0 aromatic heterocycles. The molecule has 0 N–H and O–H groups in total. The highest BCUT2D eigenvalue weighted by Gasteiger charge is 2.51. The van der Waals surface area contributed by atoms with Gasteiger partial charge < -0.3 is 28.4 Å². The second-order valence-corrected chi connectivity index (χ2v) is 9.64. The summed E-state index contributed by atoms with van der Waals surface area (Å²) in [5.41, 5.74) is 0.848. The van der Waals surface area contributed by atoms with Gasteiger partial charge in [0.1, 0.15) is 23.7 Å². The normalized spacial score (nSPS) is 22.1. The van der Waals surface area contributed by atoms with Crippen molar-refractivity contribution in [2.75, 3.05) is 26.4 Å². The predicted octanol–water partition coefficient (Wildman–Crippen LogP) is 5.37. The highest BCUT2D eigenvalue weighted by molar-refractivity contribution is 5.90. The number of esters is 2. The first-order valence-corrected chi connectivity index (χ1v) is 13.7. The lowest BCUT2D eigenvalue weighted by Crippen LogP contribution is -2.36. The molecule has 38 heavy (non-hydrogen) atoms. The maximum Gasteiger partial charge on any atom is 0.338 e. The summed E-state index contributed by atoms with van der Waals surface area (Å²) < 4.78 is 34.4. The summed E-state index contributed by atoms with van der Waals surface area (Å²) in [5, 5.41) is 0. The van der Waals surface area contributed by atoms with E-state index in [4.69, 9.17) is 28.4 Å². The van der Waals surface area contributed by atoms with Gasteiger partial charge in [-0.15, -0.1) is 0 Å². The zero-order valence-corrected chi connectivity index (χ0v) is 22.3. The Balaban J connectivity index is 1.23. The number of rotatable bonds is 14. The van der Waals surface area contributed by atoms with Crippen molar-refractivity contribution in [2.24, 2.45) is 0 Å². The molecule has 4 atom stereocenters. The summed E-state index contributed by atoms with van der Waals surface area (Å²) in [6, 6.07) is 13.8. The molecule has 0 saturated carbocycles. The summed E-state index contributed by atoms with van der Waals surface area (Å²) in [7, 11) is 0. The Morgan fingerprint density at radius 1 is 0.658 bits per heavy atom. The quantitative estimate of drug-likeness (QED) is 0.240. The number of fused-ring (bicyclic) bond motifs is 1. The number of carbonyl (C=O) groups excluding carboxylic acids is 2. The van der Waals surface area contributed by atoms with E-state index in [-0.39, 0.29) is 13.2 Å². The van der Waals surface area contributed by atoms with Gasteiger partial charge in [0.25, 0.3) is 0 Å². The van der Waals surface area contributed by atoms with Crippen LogP contribution in [-0.2, 0) is 18.9 Å². The van der Waals surface area contributed by atoms with Crippen LogP contribution in [0, 0.1) is 0 Å². The van der Waals surface area contributed by atoms with Crippen molar-refractivity contribution in [3.63, 3.8) is 0 Å². The van der Waals surface area contributed by atoms with Gasteiger partial charge >= 0.3 is 11.9 Å². The fourth-order valence-electron chi connectivity index (χ4n) is 4.50. The van der Waals surface area contributed by atoms with Gasteiger partial charge in [0, 0.05) is 0 Å². The fourth-order valence-corrected chi connectivity index (χ4v) is 4.50. The first kappa shape index (κ1) is 27.9. The van der Waals surface area contributed by atoms with E-state index in [1.54, 1.807) is 48.5 Å². The summed E-state index contributed by atoms with van der Waals surface area (Å²) in [6.45, 7) is 5.96. The van der Waals surface area contributed by atoms with Gasteiger partial charge in [-0.3, -0.25) is 0 Å². The van der Waals surface area contributed by atoms with Gasteiger partial charge in [-0.05, 0) is 61.4 Å². The minimum Gasteiger partial charge on any atom is -0.494 e. The first-order chi connectivity index (χ1) is 18.6. The number of hydrogen-bond donors (Lipinski definition) is 0. The van der Waals surface area contributed by atoms with Crippen molar-refractivity contribution in [3.8, 4) is 11.5 Å². The average molecular weight is 527 g/mol. The van der Waals surface area contributed by atoms with E-state index in [0.717, 1.165) is 50.0 Å². The summed E-state index contributed by atoms with van der Waals surface area (Å²) >= 11 is 0. The van der Waals surface area contributed by atoms with Crippen molar-refractivity contribution >= 4 is 11.9 Å². The lowest BCUT2D eigenvalue weighted by atomic mass is 10.1. The van der Waals surface area contributed by atoms with Gasteiger partial charge in [-0.1, -0.05) is 39.5 Å². The standard InChI is InChI=1S/C30H38O8/c1-3-5-7-17-33-23-13-9-21(10-14-23)29(31)37-25-19-35-28-26(20-36-27(25)28)38-30(32)22-11-15-24(16-12-22)34-18-8-6-4-2/h9-16,25-28H,3-8,17-20H2,1-2H3/t25-,26+,27-,28-/m1/s1. The molecule has 2 aromatic rings. The molecule has 2 heterocycles. The van der Waals surface area contributed by atoms with E-state index < -0.39 is 36.4 Å². The molecule has 206 valence electrons. The van der Waals surface area contributed by atoms with Gasteiger partial charge in [0.05, 0.1) is 37.6 Å². The Labute approximate surface area is 224 Å². The smallest absolute Gasteiger partial charge is 0.338 e. The molecule has 0 unspecified atom stereocenters. The van der Waals surface area contributed by atoms with Crippen LogP contribution >= 0.6 is 0 Å². The number of carbonyl (C=O) groups is 2. The Bertz CT molecular complexity index is 936. The van der Waals surface area contributed by atoms with Gasteiger partial charge in [-0.2, -0.15) is 0 Å². The lowest BCUT2D eigenvalue weighted by Gasteiger charge is -2.17. The van der Waals surface area contributed by atoms with Gasteiger partial charge in [0.15, 0.2) is 12.2 Å². The maximum absolute atomic E-state index is 12.7. The van der Waals surface area contributed by atoms with Crippen LogP contribution in [0.5, 0.6) is 11.5 Å². The molecule has 2 aliphatic rings. The number of unbranched alkanes of at least 4 members (excludes halogenated alkanes) is 4. The zero-order chi connectivity index (χ0) is 26.7. The topological polar surface area (TPSA) is 89.5 Å². The molecule has 0 amide bonds.